The maximum atomic E-state index is 6.83. The fraction of sp³-hybridized carbons (Fsp3) is 0. The third-order valence-electron chi connectivity index (χ3n) is 12.3. The first-order valence-corrected chi connectivity index (χ1v) is 21.1. The van der Waals surface area contributed by atoms with Gasteiger partial charge in [-0.1, -0.05) is 146 Å². The van der Waals surface area contributed by atoms with Crippen molar-refractivity contribution in [2.75, 3.05) is 0 Å². The minimum absolute atomic E-state index is 0.555. The van der Waals surface area contributed by atoms with E-state index in [2.05, 4.69) is 156 Å². The van der Waals surface area contributed by atoms with E-state index < -0.39 is 0 Å². The molecule has 0 aliphatic carbocycles. The van der Waals surface area contributed by atoms with Crippen LogP contribution in [0.1, 0.15) is 0 Å². The Morgan fingerprint density at radius 3 is 1.70 bits per heavy atom. The first-order chi connectivity index (χ1) is 31.2. The van der Waals surface area contributed by atoms with Crippen LogP contribution in [0.25, 0.3) is 128 Å². The predicted octanol–water partition coefficient (Wildman–Crippen LogP) is 15.1. The Kier molecular flexibility index (Phi) is 7.80. The van der Waals surface area contributed by atoms with Crippen LogP contribution in [-0.2, 0) is 0 Å². The molecule has 0 unspecified atom stereocenters. The molecule has 0 spiro atoms. The van der Waals surface area contributed by atoms with Gasteiger partial charge >= 0.3 is 0 Å². The lowest BCUT2D eigenvalue weighted by Crippen LogP contribution is -2.00. The lowest BCUT2D eigenvalue weighted by molar-refractivity contribution is 0.669. The molecule has 0 fully saturated rings. The maximum Gasteiger partial charge on any atom is 0.164 e. The van der Waals surface area contributed by atoms with E-state index in [0.717, 1.165) is 94.0 Å². The molecule has 0 atom stereocenters. The van der Waals surface area contributed by atoms with Crippen molar-refractivity contribution in [1.82, 2.24) is 19.5 Å². The number of rotatable bonds is 6. The molecule has 63 heavy (non-hydrogen) atoms. The third-order valence-corrected chi connectivity index (χ3v) is 12.3. The Morgan fingerprint density at radius 2 is 0.905 bits per heavy atom. The van der Waals surface area contributed by atoms with Crippen molar-refractivity contribution < 1.29 is 8.83 Å². The Hall–Kier alpha value is -8.61. The summed E-state index contributed by atoms with van der Waals surface area (Å²) < 4.78 is 15.7. The molecule has 4 aromatic heterocycles. The Labute approximate surface area is 361 Å². The molecule has 0 aliphatic heterocycles. The van der Waals surface area contributed by atoms with Gasteiger partial charge in [0.05, 0.1) is 11.0 Å². The second kappa shape index (κ2) is 14.0. The van der Waals surface area contributed by atoms with Gasteiger partial charge in [0.15, 0.2) is 17.5 Å². The lowest BCUT2D eigenvalue weighted by atomic mass is 9.99. The highest BCUT2D eigenvalue weighted by atomic mass is 16.3. The van der Waals surface area contributed by atoms with Gasteiger partial charge in [0, 0.05) is 60.3 Å². The minimum atomic E-state index is 0.555. The highest BCUT2D eigenvalue weighted by Gasteiger charge is 2.21. The SMILES string of the molecule is c1ccc(-c2ccc3c(c2)oc2cc(-c4nc(-c5ccccc5)nc(-c5cccc6oc7c(-c8ccc9c(c8)c8ccccc8n9-c8ccccc8)cccc7c56)n4)ccc23)cc1. The van der Waals surface area contributed by atoms with E-state index in [0.29, 0.717) is 17.5 Å². The van der Waals surface area contributed by atoms with E-state index in [-0.39, 0.29) is 0 Å². The number of hydrogen-bond acceptors (Lipinski definition) is 5. The van der Waals surface area contributed by atoms with Gasteiger partial charge in [-0.05, 0) is 77.4 Å². The van der Waals surface area contributed by atoms with Crippen LogP contribution >= 0.6 is 0 Å². The molecule has 0 bridgehead atoms. The molecular formula is C57H34N4O2. The Bertz CT molecular complexity index is 3900. The molecular weight excluding hydrogens is 773 g/mol. The smallest absolute Gasteiger partial charge is 0.164 e. The number of nitrogens with zero attached hydrogens (tertiary/aromatic N) is 4. The second-order valence-electron chi connectivity index (χ2n) is 15.9. The Balaban J connectivity index is 0.961. The highest BCUT2D eigenvalue weighted by Crippen LogP contribution is 2.42. The van der Waals surface area contributed by atoms with Gasteiger partial charge in [-0.3, -0.25) is 0 Å². The van der Waals surface area contributed by atoms with Gasteiger partial charge in [0.25, 0.3) is 0 Å². The standard InChI is InChI=1S/C57H34N4O2/c1-4-14-35(15-5-1)37-26-29-43-44-30-27-39(34-52(44)62-51(43)33-37)56-58-55(36-16-6-2-7-17-36)59-57(60-56)46-23-13-25-50-53(46)45-22-12-21-41(54(45)63-50)38-28-31-49-47(32-38)42-20-10-11-24-48(42)61(49)40-18-8-3-9-19-40/h1-34H. The third kappa shape index (κ3) is 5.69. The molecule has 6 nitrogen and oxygen atoms in total. The summed E-state index contributed by atoms with van der Waals surface area (Å²) in [6.07, 6.45) is 0. The van der Waals surface area contributed by atoms with Gasteiger partial charge in [-0.2, -0.15) is 0 Å². The average Bonchev–Trinajstić information content (AvgIpc) is 4.03. The van der Waals surface area contributed by atoms with E-state index in [1.165, 1.54) is 16.3 Å². The lowest BCUT2D eigenvalue weighted by Gasteiger charge is -2.09. The van der Waals surface area contributed by atoms with E-state index in [1.54, 1.807) is 0 Å². The Morgan fingerprint density at radius 1 is 0.317 bits per heavy atom. The zero-order chi connectivity index (χ0) is 41.4. The molecule has 6 heteroatoms. The van der Waals surface area contributed by atoms with Gasteiger partial charge in [-0.25, -0.2) is 15.0 Å². The van der Waals surface area contributed by atoms with Gasteiger partial charge in [0.1, 0.15) is 22.3 Å². The molecule has 0 aliphatic rings. The molecule has 13 rings (SSSR count). The number of hydrogen-bond donors (Lipinski definition) is 0. The number of aromatic nitrogens is 4. The summed E-state index contributed by atoms with van der Waals surface area (Å²) in [5, 5.41) is 6.44. The predicted molar refractivity (Wildman–Crippen MR) is 256 cm³/mol. The summed E-state index contributed by atoms with van der Waals surface area (Å²) >= 11 is 0. The zero-order valence-electron chi connectivity index (χ0n) is 33.7. The van der Waals surface area contributed by atoms with Crippen molar-refractivity contribution in [3.63, 3.8) is 0 Å². The van der Waals surface area contributed by atoms with Gasteiger partial charge < -0.3 is 13.4 Å². The first kappa shape index (κ1) is 35.2. The minimum Gasteiger partial charge on any atom is -0.456 e. The van der Waals surface area contributed by atoms with Crippen LogP contribution in [0.4, 0.5) is 0 Å². The summed E-state index contributed by atoms with van der Waals surface area (Å²) in [6, 6.07) is 71.5. The molecule has 294 valence electrons. The number of fused-ring (bicyclic) bond motifs is 9. The topological polar surface area (TPSA) is 69.9 Å². The molecule has 0 saturated carbocycles. The highest BCUT2D eigenvalue weighted by molar-refractivity contribution is 6.16. The maximum absolute atomic E-state index is 6.83. The largest absolute Gasteiger partial charge is 0.456 e. The van der Waals surface area contributed by atoms with Gasteiger partial charge in [-0.15, -0.1) is 0 Å². The van der Waals surface area contributed by atoms with E-state index >= 15 is 0 Å². The van der Waals surface area contributed by atoms with Crippen molar-refractivity contribution in [3.8, 4) is 62.1 Å². The normalized spacial score (nSPS) is 11.8. The molecule has 13 aromatic rings. The molecule has 0 N–H and O–H groups in total. The zero-order valence-corrected chi connectivity index (χ0v) is 33.7. The van der Waals surface area contributed by atoms with Crippen LogP contribution in [-0.4, -0.2) is 19.5 Å². The van der Waals surface area contributed by atoms with E-state index in [4.69, 9.17) is 23.8 Å². The summed E-state index contributed by atoms with van der Waals surface area (Å²) in [6.45, 7) is 0. The van der Waals surface area contributed by atoms with E-state index in [1.807, 2.05) is 54.6 Å². The first-order valence-electron chi connectivity index (χ1n) is 21.1. The summed E-state index contributed by atoms with van der Waals surface area (Å²) in [5.41, 5.74) is 13.6. The fourth-order valence-electron chi connectivity index (χ4n) is 9.33. The van der Waals surface area contributed by atoms with Crippen LogP contribution in [0.15, 0.2) is 215 Å². The van der Waals surface area contributed by atoms with Crippen molar-refractivity contribution in [2.24, 2.45) is 0 Å². The summed E-state index contributed by atoms with van der Waals surface area (Å²) in [5.74, 6) is 1.70. The number of furan rings is 2. The fourth-order valence-corrected chi connectivity index (χ4v) is 9.33. The number of para-hydroxylation sites is 3. The second-order valence-corrected chi connectivity index (χ2v) is 15.9. The average molecular weight is 807 g/mol. The molecule has 4 heterocycles. The monoisotopic (exact) mass is 806 g/mol. The molecule has 9 aromatic carbocycles. The number of benzene rings is 9. The quantitative estimate of drug-likeness (QED) is 0.167. The van der Waals surface area contributed by atoms with Crippen molar-refractivity contribution in [1.29, 1.82) is 0 Å². The van der Waals surface area contributed by atoms with Crippen LogP contribution < -0.4 is 0 Å². The molecule has 0 saturated heterocycles. The molecule has 0 amide bonds. The van der Waals surface area contributed by atoms with Crippen LogP contribution in [0.2, 0.25) is 0 Å². The van der Waals surface area contributed by atoms with Crippen molar-refractivity contribution >= 4 is 65.7 Å². The van der Waals surface area contributed by atoms with Crippen LogP contribution in [0.3, 0.4) is 0 Å². The van der Waals surface area contributed by atoms with E-state index in [9.17, 15) is 0 Å². The van der Waals surface area contributed by atoms with Gasteiger partial charge in [0.2, 0.25) is 0 Å². The van der Waals surface area contributed by atoms with Crippen LogP contribution in [0, 0.1) is 0 Å². The van der Waals surface area contributed by atoms with Crippen LogP contribution in [0.5, 0.6) is 0 Å². The summed E-state index contributed by atoms with van der Waals surface area (Å²) in [4.78, 5) is 15.4. The van der Waals surface area contributed by atoms with Crippen molar-refractivity contribution in [2.45, 2.75) is 0 Å². The summed E-state index contributed by atoms with van der Waals surface area (Å²) in [7, 11) is 0. The molecule has 0 radical (unpaired) electrons. The van der Waals surface area contributed by atoms with Crippen molar-refractivity contribution in [3.05, 3.63) is 206 Å².